The molecule has 0 saturated carbocycles. The molecule has 7 heteroatoms. The molecule has 1 aliphatic rings. The van der Waals surface area contributed by atoms with Gasteiger partial charge >= 0.3 is 0 Å². The van der Waals surface area contributed by atoms with Crippen molar-refractivity contribution in [2.75, 3.05) is 19.8 Å². The molecule has 0 atom stereocenters. The summed E-state index contributed by atoms with van der Waals surface area (Å²) in [7, 11) is 0. The zero-order valence-corrected chi connectivity index (χ0v) is 11.7. The smallest absolute Gasteiger partial charge is 0.254 e. The van der Waals surface area contributed by atoms with Crippen molar-refractivity contribution in [2.24, 2.45) is 0 Å². The minimum Gasteiger partial charge on any atom is -0.348 e. The number of amides is 1. The molecule has 0 bridgehead atoms. The molecule has 3 heterocycles. The van der Waals surface area contributed by atoms with Crippen molar-refractivity contribution in [1.82, 2.24) is 20.1 Å². The normalized spacial score (nSPS) is 15.3. The summed E-state index contributed by atoms with van der Waals surface area (Å²) < 4.78 is 12.2. The Hall–Kier alpha value is -2.25. The van der Waals surface area contributed by atoms with Crippen LogP contribution in [0.4, 0.5) is 0 Å². The second-order valence-corrected chi connectivity index (χ2v) is 4.67. The third kappa shape index (κ3) is 3.09. The molecule has 0 unspecified atom stereocenters. The highest BCUT2D eigenvalue weighted by Gasteiger charge is 2.19. The van der Waals surface area contributed by atoms with E-state index in [1.165, 1.54) is 0 Å². The number of hydrogen-bond donors (Lipinski definition) is 1. The lowest BCUT2D eigenvalue weighted by Crippen LogP contribution is -2.32. The van der Waals surface area contributed by atoms with E-state index in [2.05, 4.69) is 15.4 Å². The topological polar surface area (TPSA) is 78.3 Å². The minimum atomic E-state index is -0.359. The number of pyridine rings is 1. The average molecular weight is 288 g/mol. The van der Waals surface area contributed by atoms with Crippen LogP contribution >= 0.6 is 0 Å². The maximum atomic E-state index is 12.2. The number of carbonyl (C=O) groups excluding carboxylic acids is 1. The summed E-state index contributed by atoms with van der Waals surface area (Å²) in [6.07, 6.45) is 4.71. The lowest BCUT2D eigenvalue weighted by Gasteiger charge is -2.09. The zero-order chi connectivity index (χ0) is 14.7. The number of aromatic nitrogens is 3. The third-order valence-electron chi connectivity index (χ3n) is 3.17. The molecule has 3 rings (SSSR count). The van der Waals surface area contributed by atoms with Gasteiger partial charge in [-0.3, -0.25) is 9.78 Å². The lowest BCUT2D eigenvalue weighted by atomic mass is 10.2. The van der Waals surface area contributed by atoms with E-state index in [-0.39, 0.29) is 12.2 Å². The fourth-order valence-corrected chi connectivity index (χ4v) is 2.10. The molecule has 1 amide bonds. The largest absolute Gasteiger partial charge is 0.348 e. The van der Waals surface area contributed by atoms with Gasteiger partial charge in [-0.15, -0.1) is 0 Å². The van der Waals surface area contributed by atoms with Crippen LogP contribution in [0.5, 0.6) is 0 Å². The summed E-state index contributed by atoms with van der Waals surface area (Å²) >= 11 is 0. The second-order valence-electron chi connectivity index (χ2n) is 4.67. The first-order valence-electron chi connectivity index (χ1n) is 6.72. The molecule has 21 heavy (non-hydrogen) atoms. The third-order valence-corrected chi connectivity index (χ3v) is 3.17. The van der Waals surface area contributed by atoms with Gasteiger partial charge in [0.15, 0.2) is 6.29 Å². The van der Waals surface area contributed by atoms with Gasteiger partial charge in [-0.2, -0.15) is 5.10 Å². The van der Waals surface area contributed by atoms with E-state index < -0.39 is 0 Å². The molecule has 110 valence electrons. The molecule has 2 aromatic rings. The van der Waals surface area contributed by atoms with Crippen molar-refractivity contribution in [3.05, 3.63) is 42.0 Å². The molecule has 7 nitrogen and oxygen atoms in total. The Morgan fingerprint density at radius 1 is 1.48 bits per heavy atom. The van der Waals surface area contributed by atoms with E-state index in [9.17, 15) is 4.79 Å². The first-order chi connectivity index (χ1) is 10.2. The first-order valence-corrected chi connectivity index (χ1v) is 6.72. The van der Waals surface area contributed by atoms with E-state index in [4.69, 9.17) is 9.47 Å². The van der Waals surface area contributed by atoms with Crippen LogP contribution in [0.2, 0.25) is 0 Å². The van der Waals surface area contributed by atoms with Gasteiger partial charge in [-0.05, 0) is 19.1 Å². The van der Waals surface area contributed by atoms with Gasteiger partial charge in [-0.1, -0.05) is 0 Å². The number of nitrogens with zero attached hydrogens (tertiary/aromatic N) is 3. The molecular formula is C14H16N4O3. The molecule has 0 spiro atoms. The van der Waals surface area contributed by atoms with Crippen LogP contribution in [-0.2, 0) is 9.47 Å². The van der Waals surface area contributed by atoms with Crippen LogP contribution in [0.3, 0.4) is 0 Å². The average Bonchev–Trinajstić information content (AvgIpc) is 3.15. The van der Waals surface area contributed by atoms with Crippen LogP contribution in [0.15, 0.2) is 30.7 Å². The molecule has 1 fully saturated rings. The summed E-state index contributed by atoms with van der Waals surface area (Å²) in [5, 5.41) is 7.12. The van der Waals surface area contributed by atoms with E-state index in [0.717, 1.165) is 5.69 Å². The maximum absolute atomic E-state index is 12.2. The number of ether oxygens (including phenoxy) is 2. The van der Waals surface area contributed by atoms with Crippen molar-refractivity contribution in [1.29, 1.82) is 0 Å². The van der Waals surface area contributed by atoms with Crippen molar-refractivity contribution < 1.29 is 14.3 Å². The predicted octanol–water partition coefficient (Wildman–Crippen LogP) is 0.678. The standard InChI is InChI=1S/C14H16N4O3/c1-10-12(14(19)16-8-13-20-5-6-21-13)9-18(17-10)11-3-2-4-15-7-11/h2-4,7,9,13H,5-6,8H2,1H3,(H,16,19). The summed E-state index contributed by atoms with van der Waals surface area (Å²) in [6.45, 7) is 3.26. The molecule has 1 aliphatic heterocycles. The van der Waals surface area contributed by atoms with Gasteiger partial charge in [-0.25, -0.2) is 4.68 Å². The SMILES string of the molecule is Cc1nn(-c2cccnc2)cc1C(=O)NCC1OCCO1. The number of carbonyl (C=O) groups is 1. The second kappa shape index (κ2) is 6.02. The minimum absolute atomic E-state index is 0.193. The van der Waals surface area contributed by atoms with E-state index in [1.807, 2.05) is 12.1 Å². The van der Waals surface area contributed by atoms with Crippen LogP contribution in [0.25, 0.3) is 5.69 Å². The first kappa shape index (κ1) is 13.7. The Morgan fingerprint density at radius 2 is 2.29 bits per heavy atom. The molecule has 2 aromatic heterocycles. The Labute approximate surface area is 121 Å². The summed E-state index contributed by atoms with van der Waals surface area (Å²) in [4.78, 5) is 16.2. The van der Waals surface area contributed by atoms with Gasteiger partial charge in [0, 0.05) is 12.4 Å². The Morgan fingerprint density at radius 3 is 3.00 bits per heavy atom. The van der Waals surface area contributed by atoms with Crippen molar-refractivity contribution in [2.45, 2.75) is 13.2 Å². The van der Waals surface area contributed by atoms with Gasteiger partial charge in [0.25, 0.3) is 5.91 Å². The van der Waals surface area contributed by atoms with Gasteiger partial charge < -0.3 is 14.8 Å². The zero-order valence-electron chi connectivity index (χ0n) is 11.7. The van der Waals surface area contributed by atoms with E-state index in [1.54, 1.807) is 30.2 Å². The van der Waals surface area contributed by atoms with Gasteiger partial charge in [0.05, 0.1) is 42.9 Å². The molecule has 0 aromatic carbocycles. The monoisotopic (exact) mass is 288 g/mol. The summed E-state index contributed by atoms with van der Waals surface area (Å²) in [5.74, 6) is -0.193. The fourth-order valence-electron chi connectivity index (χ4n) is 2.10. The Balaban J connectivity index is 1.70. The highest BCUT2D eigenvalue weighted by Crippen LogP contribution is 2.11. The molecule has 1 N–H and O–H groups in total. The lowest BCUT2D eigenvalue weighted by molar-refractivity contribution is -0.0379. The van der Waals surface area contributed by atoms with E-state index >= 15 is 0 Å². The van der Waals surface area contributed by atoms with E-state index in [0.29, 0.717) is 31.0 Å². The Kier molecular flexibility index (Phi) is 3.94. The number of nitrogens with one attached hydrogen (secondary N) is 1. The predicted molar refractivity (Wildman–Crippen MR) is 74.1 cm³/mol. The van der Waals surface area contributed by atoms with Gasteiger partial charge in [0.1, 0.15) is 0 Å². The van der Waals surface area contributed by atoms with Crippen LogP contribution < -0.4 is 5.32 Å². The van der Waals surface area contributed by atoms with Crippen molar-refractivity contribution >= 4 is 5.91 Å². The molecular weight excluding hydrogens is 272 g/mol. The summed E-state index contributed by atoms with van der Waals surface area (Å²) in [6, 6.07) is 3.70. The maximum Gasteiger partial charge on any atom is 0.254 e. The Bertz CT molecular complexity index is 620. The molecule has 0 aliphatic carbocycles. The van der Waals surface area contributed by atoms with Gasteiger partial charge in [0.2, 0.25) is 0 Å². The molecule has 0 radical (unpaired) electrons. The highest BCUT2D eigenvalue weighted by atomic mass is 16.7. The van der Waals surface area contributed by atoms with Crippen molar-refractivity contribution in [3.8, 4) is 5.69 Å². The highest BCUT2D eigenvalue weighted by molar-refractivity contribution is 5.95. The number of rotatable bonds is 4. The van der Waals surface area contributed by atoms with Crippen molar-refractivity contribution in [3.63, 3.8) is 0 Å². The quantitative estimate of drug-likeness (QED) is 0.895. The van der Waals surface area contributed by atoms with Crippen LogP contribution in [0.1, 0.15) is 16.1 Å². The van der Waals surface area contributed by atoms with Crippen LogP contribution in [-0.4, -0.2) is 46.7 Å². The number of hydrogen-bond acceptors (Lipinski definition) is 5. The number of aryl methyl sites for hydroxylation is 1. The fraction of sp³-hybridized carbons (Fsp3) is 0.357. The molecule has 1 saturated heterocycles. The van der Waals surface area contributed by atoms with Crippen LogP contribution in [0, 0.1) is 6.92 Å². The summed E-state index contributed by atoms with van der Waals surface area (Å²) in [5.41, 5.74) is 1.99.